The molecule has 0 saturated carbocycles. The summed E-state index contributed by atoms with van der Waals surface area (Å²) < 4.78 is 5.63. The van der Waals surface area contributed by atoms with E-state index >= 15 is 0 Å². The molecule has 1 aromatic carbocycles. The molecule has 0 spiro atoms. The molecule has 1 aromatic heterocycles. The number of aromatic nitrogens is 1. The number of ether oxygens (including phenoxy) is 1. The first kappa shape index (κ1) is 18.4. The normalized spacial score (nSPS) is 16.5. The van der Waals surface area contributed by atoms with Gasteiger partial charge in [-0.15, -0.1) is 0 Å². The van der Waals surface area contributed by atoms with Crippen LogP contribution in [0.5, 0.6) is 5.88 Å². The van der Waals surface area contributed by atoms with Crippen molar-refractivity contribution in [2.45, 2.75) is 18.9 Å². The van der Waals surface area contributed by atoms with Crippen LogP contribution in [0.15, 0.2) is 42.5 Å². The van der Waals surface area contributed by atoms with Crippen LogP contribution in [-0.2, 0) is 43.9 Å². The maximum absolute atomic E-state index is 11.8. The van der Waals surface area contributed by atoms with Gasteiger partial charge in [-0.3, -0.25) is 4.79 Å². The minimum absolute atomic E-state index is 0. The van der Waals surface area contributed by atoms with E-state index in [-0.39, 0.29) is 44.7 Å². The van der Waals surface area contributed by atoms with Crippen LogP contribution in [0.25, 0.3) is 0 Å². The van der Waals surface area contributed by atoms with Crippen LogP contribution < -0.4 is 4.74 Å². The first-order valence-corrected chi connectivity index (χ1v) is 7.60. The summed E-state index contributed by atoms with van der Waals surface area (Å²) in [5.41, 5.74) is 1.20. The van der Waals surface area contributed by atoms with Crippen LogP contribution in [0.2, 0.25) is 5.15 Å². The van der Waals surface area contributed by atoms with E-state index < -0.39 is 0 Å². The Hall–Kier alpha value is -0.966. The average molecular weight is 405 g/mol. The maximum Gasteiger partial charge on any atom is 0.225 e. The van der Waals surface area contributed by atoms with E-state index in [2.05, 4.69) is 11.1 Å². The predicted molar refractivity (Wildman–Crippen MR) is 83.8 cm³/mol. The first-order chi connectivity index (χ1) is 10.7. The van der Waals surface area contributed by atoms with Gasteiger partial charge in [-0.2, -0.15) is 35.9 Å². The van der Waals surface area contributed by atoms with Crippen LogP contribution >= 0.6 is 11.6 Å². The van der Waals surface area contributed by atoms with Gasteiger partial charge in [0.2, 0.25) is 11.8 Å². The molecule has 2 heterocycles. The summed E-state index contributed by atoms with van der Waals surface area (Å²) >= 11 is 5.82. The van der Waals surface area contributed by atoms with Gasteiger partial charge in [-0.25, -0.2) is 4.98 Å². The molecule has 1 amide bonds. The van der Waals surface area contributed by atoms with Gasteiger partial charge in [0.25, 0.3) is 0 Å². The van der Waals surface area contributed by atoms with Crippen molar-refractivity contribution in [3.8, 4) is 5.88 Å². The van der Waals surface area contributed by atoms with E-state index in [0.717, 1.165) is 6.42 Å². The number of halogens is 1. The van der Waals surface area contributed by atoms with E-state index in [4.69, 9.17) is 16.3 Å². The van der Waals surface area contributed by atoms with Crippen LogP contribution in [0, 0.1) is 6.07 Å². The summed E-state index contributed by atoms with van der Waals surface area (Å²) in [6.45, 7) is 1.15. The van der Waals surface area contributed by atoms with Crippen molar-refractivity contribution in [3.05, 3.63) is 59.2 Å². The van der Waals surface area contributed by atoms with Gasteiger partial charge in [0.15, 0.2) is 0 Å². The molecule has 1 atom stereocenters. The maximum atomic E-state index is 11.8. The van der Waals surface area contributed by atoms with E-state index in [9.17, 15) is 4.79 Å². The fraction of sp³-hybridized carbons (Fsp3) is 0.294. The number of β-lactam (4-membered cyclic amide) rings is 1. The summed E-state index contributed by atoms with van der Waals surface area (Å²) in [4.78, 5) is 17.7. The van der Waals surface area contributed by atoms with Gasteiger partial charge in [0.1, 0.15) is 11.8 Å². The molecule has 1 fully saturated rings. The van der Waals surface area contributed by atoms with Gasteiger partial charge in [-0.05, 0) is 12.5 Å². The predicted octanol–water partition coefficient (Wildman–Crippen LogP) is 2.76. The molecule has 2 aromatic rings. The number of carbonyl (C=O) groups is 1. The molecule has 6 heteroatoms. The Morgan fingerprint density at radius 3 is 2.78 bits per heavy atom. The number of pyridine rings is 1. The molecular weight excluding hydrogens is 389 g/mol. The molecule has 1 saturated heterocycles. The minimum atomic E-state index is 0. The third-order valence-electron chi connectivity index (χ3n) is 3.71. The molecule has 1 aliphatic heterocycles. The molecule has 3 rings (SSSR count). The number of rotatable bonds is 6. The van der Waals surface area contributed by atoms with Crippen molar-refractivity contribution in [3.63, 3.8) is 0 Å². The Morgan fingerprint density at radius 2 is 2.09 bits per heavy atom. The van der Waals surface area contributed by atoms with E-state index in [0.29, 0.717) is 30.6 Å². The Balaban J connectivity index is 0.00000192. The van der Waals surface area contributed by atoms with Gasteiger partial charge >= 0.3 is 0 Å². The summed E-state index contributed by atoms with van der Waals surface area (Å²) in [5, 5.41) is 0.403. The second-order valence-corrected chi connectivity index (χ2v) is 5.60. The zero-order valence-electron chi connectivity index (χ0n) is 12.6. The van der Waals surface area contributed by atoms with Gasteiger partial charge in [0.05, 0.1) is 12.5 Å². The Kier molecular flexibility index (Phi) is 7.00. The quantitative estimate of drug-likeness (QED) is 0.422. The van der Waals surface area contributed by atoms with Crippen molar-refractivity contribution in [2.75, 3.05) is 13.2 Å². The number of likely N-dealkylation sites (tertiary alicyclic amines) is 1. The number of nitrogens with zero attached hydrogens (tertiary/aromatic N) is 2. The fourth-order valence-electron chi connectivity index (χ4n) is 2.47. The zero-order valence-corrected chi connectivity index (χ0v) is 16.2. The Bertz CT molecular complexity index is 654. The van der Waals surface area contributed by atoms with Gasteiger partial charge in [-0.1, -0.05) is 17.7 Å². The number of carbonyl (C=O) groups excluding carboxylic acids is 1. The summed E-state index contributed by atoms with van der Waals surface area (Å²) in [5.74, 6) is 0.667. The number of hydrogen-bond acceptors (Lipinski definition) is 3. The number of benzene rings is 1. The third kappa shape index (κ3) is 5.00. The van der Waals surface area contributed by atoms with Crippen molar-refractivity contribution in [1.29, 1.82) is 0 Å². The smallest absolute Gasteiger partial charge is 0.225 e. The standard InChI is InChI=1S/C17H16ClN2O2.Y/c18-15-7-4-8-16(19-15)22-12-14-11-17(21)20(14)10-9-13-5-2-1-3-6-13;/h2-8,14H,9-12H2;/q-1;/t14-;/m1./s1. The number of amides is 1. The average Bonchev–Trinajstić information content (AvgIpc) is 2.52. The first-order valence-electron chi connectivity index (χ1n) is 7.22. The second kappa shape index (κ2) is 8.77. The zero-order chi connectivity index (χ0) is 15.4. The van der Waals surface area contributed by atoms with Gasteiger partial charge in [0, 0.05) is 45.3 Å². The minimum Gasteiger partial charge on any atom is -0.475 e. The topological polar surface area (TPSA) is 42.4 Å². The largest absolute Gasteiger partial charge is 0.475 e. The molecule has 4 nitrogen and oxygen atoms in total. The molecule has 1 aliphatic rings. The molecule has 0 bridgehead atoms. The van der Waals surface area contributed by atoms with E-state index in [1.807, 2.05) is 29.2 Å². The summed E-state index contributed by atoms with van der Waals surface area (Å²) in [6.07, 6.45) is 1.37. The van der Waals surface area contributed by atoms with Crippen molar-refractivity contribution < 1.29 is 42.2 Å². The van der Waals surface area contributed by atoms with Crippen LogP contribution in [0.1, 0.15) is 12.0 Å². The summed E-state index contributed by atoms with van der Waals surface area (Å²) in [6, 6.07) is 16.2. The molecule has 0 aliphatic carbocycles. The monoisotopic (exact) mass is 404 g/mol. The van der Waals surface area contributed by atoms with E-state index in [1.54, 1.807) is 18.2 Å². The van der Waals surface area contributed by atoms with Crippen LogP contribution in [0.3, 0.4) is 0 Å². The molecule has 1 radical (unpaired) electrons. The molecule has 0 N–H and O–H groups in total. The molecule has 0 unspecified atom stereocenters. The SMILES string of the molecule is O=C1C[C@H](COc2cccc(Cl)n2)N1CCc1cc[c-]cc1.[Y]. The molecule has 117 valence electrons. The van der Waals surface area contributed by atoms with Crippen molar-refractivity contribution in [1.82, 2.24) is 9.88 Å². The van der Waals surface area contributed by atoms with Crippen LogP contribution in [0.4, 0.5) is 0 Å². The fourth-order valence-corrected chi connectivity index (χ4v) is 2.62. The second-order valence-electron chi connectivity index (χ2n) is 5.21. The molecule has 23 heavy (non-hydrogen) atoms. The van der Waals surface area contributed by atoms with Crippen molar-refractivity contribution in [2.24, 2.45) is 0 Å². The number of hydrogen-bond donors (Lipinski definition) is 0. The molecular formula is C17H16ClN2O2Y-. The Labute approximate surface area is 166 Å². The Morgan fingerprint density at radius 1 is 1.30 bits per heavy atom. The van der Waals surface area contributed by atoms with E-state index in [1.165, 1.54) is 5.56 Å². The third-order valence-corrected chi connectivity index (χ3v) is 3.92. The van der Waals surface area contributed by atoms with Gasteiger partial charge < -0.3 is 9.64 Å². The summed E-state index contributed by atoms with van der Waals surface area (Å²) in [7, 11) is 0. The van der Waals surface area contributed by atoms with Crippen molar-refractivity contribution >= 4 is 17.5 Å². The van der Waals surface area contributed by atoms with Crippen LogP contribution in [-0.4, -0.2) is 35.0 Å².